The maximum atomic E-state index is 12.9. The fourth-order valence-corrected chi connectivity index (χ4v) is 4.31. The number of rotatable bonds is 9. The van der Waals surface area contributed by atoms with Gasteiger partial charge in [-0.15, -0.1) is 11.6 Å². The maximum absolute atomic E-state index is 12.9. The summed E-state index contributed by atoms with van der Waals surface area (Å²) in [7, 11) is -0.670. The van der Waals surface area contributed by atoms with Crippen molar-refractivity contribution >= 4 is 21.6 Å². The Labute approximate surface area is 130 Å². The summed E-state index contributed by atoms with van der Waals surface area (Å²) in [5, 5.41) is 6.62. The number of nitrogens with one attached hydrogen (secondary N) is 1. The van der Waals surface area contributed by atoms with Gasteiger partial charge in [-0.05, 0) is 13.8 Å². The first-order chi connectivity index (χ1) is 9.89. The summed E-state index contributed by atoms with van der Waals surface area (Å²) in [5.74, 6) is 0.0235. The molecule has 0 aromatic carbocycles. The Balaban J connectivity index is 3.22. The van der Waals surface area contributed by atoms with E-state index in [0.29, 0.717) is 18.0 Å². The van der Waals surface area contributed by atoms with Gasteiger partial charge in [0.1, 0.15) is 4.90 Å². The van der Waals surface area contributed by atoms with Crippen LogP contribution in [0.3, 0.4) is 0 Å². The molecule has 1 rings (SSSR count). The molecular formula is C12H22ClN3O4S. The third-order valence-corrected chi connectivity index (χ3v) is 5.54. The number of aryl methyl sites for hydroxylation is 1. The van der Waals surface area contributed by atoms with Crippen molar-refractivity contribution in [3.8, 4) is 0 Å². The summed E-state index contributed by atoms with van der Waals surface area (Å²) >= 11 is 5.79. The van der Waals surface area contributed by atoms with E-state index >= 15 is 0 Å². The summed E-state index contributed by atoms with van der Waals surface area (Å²) < 4.78 is 37.3. The first kappa shape index (κ1) is 18.4. The zero-order chi connectivity index (χ0) is 16.0. The van der Waals surface area contributed by atoms with Crippen LogP contribution < -0.4 is 0 Å². The van der Waals surface area contributed by atoms with Crippen molar-refractivity contribution in [3.63, 3.8) is 0 Å². The average molecular weight is 340 g/mol. The van der Waals surface area contributed by atoms with E-state index in [-0.39, 0.29) is 30.0 Å². The Morgan fingerprint density at radius 1 is 1.38 bits per heavy atom. The first-order valence-electron chi connectivity index (χ1n) is 6.49. The van der Waals surface area contributed by atoms with Crippen LogP contribution in [0.4, 0.5) is 0 Å². The third kappa shape index (κ3) is 4.17. The van der Waals surface area contributed by atoms with Gasteiger partial charge < -0.3 is 9.47 Å². The lowest BCUT2D eigenvalue weighted by Gasteiger charge is -2.27. The van der Waals surface area contributed by atoms with Crippen molar-refractivity contribution in [1.82, 2.24) is 14.5 Å². The summed E-state index contributed by atoms with van der Waals surface area (Å²) in [6.07, 6.45) is 0. The highest BCUT2D eigenvalue weighted by atomic mass is 35.5. The zero-order valence-electron chi connectivity index (χ0n) is 12.7. The minimum Gasteiger partial charge on any atom is -0.383 e. The minimum absolute atomic E-state index is 0.0235. The second-order valence-corrected chi connectivity index (χ2v) is 6.77. The van der Waals surface area contributed by atoms with Crippen LogP contribution in [0.15, 0.2) is 4.90 Å². The number of H-pyrrole nitrogens is 1. The molecule has 1 heterocycles. The van der Waals surface area contributed by atoms with Crippen molar-refractivity contribution in [3.05, 3.63) is 11.4 Å². The number of halogens is 1. The molecule has 0 spiro atoms. The normalized spacial score (nSPS) is 13.8. The lowest BCUT2D eigenvalue weighted by molar-refractivity contribution is 0.119. The van der Waals surface area contributed by atoms with Gasteiger partial charge in [-0.1, -0.05) is 0 Å². The molecule has 0 saturated carbocycles. The molecule has 1 atom stereocenters. The van der Waals surface area contributed by atoms with Crippen molar-refractivity contribution in [2.75, 3.05) is 34.0 Å². The first-order valence-corrected chi connectivity index (χ1v) is 8.47. The van der Waals surface area contributed by atoms with Gasteiger partial charge in [-0.25, -0.2) is 8.42 Å². The van der Waals surface area contributed by atoms with Gasteiger partial charge in [0, 0.05) is 26.8 Å². The third-order valence-electron chi connectivity index (χ3n) is 3.07. The van der Waals surface area contributed by atoms with Gasteiger partial charge in [0.05, 0.1) is 30.5 Å². The maximum Gasteiger partial charge on any atom is 0.247 e. The fraction of sp³-hybridized carbons (Fsp3) is 0.750. The highest BCUT2D eigenvalue weighted by Gasteiger charge is 2.33. The molecule has 0 radical (unpaired) electrons. The van der Waals surface area contributed by atoms with Crippen molar-refractivity contribution < 1.29 is 17.9 Å². The zero-order valence-corrected chi connectivity index (χ0v) is 14.3. The van der Waals surface area contributed by atoms with Gasteiger partial charge in [-0.2, -0.15) is 9.40 Å². The van der Waals surface area contributed by atoms with Crippen LogP contribution in [0.5, 0.6) is 0 Å². The van der Waals surface area contributed by atoms with Crippen LogP contribution in [0.2, 0.25) is 0 Å². The predicted octanol–water partition coefficient (Wildman–Crippen LogP) is 1.13. The van der Waals surface area contributed by atoms with Gasteiger partial charge >= 0.3 is 0 Å². The quantitative estimate of drug-likeness (QED) is 0.682. The van der Waals surface area contributed by atoms with Crippen molar-refractivity contribution in [2.45, 2.75) is 30.7 Å². The number of hydrogen-bond acceptors (Lipinski definition) is 5. The summed E-state index contributed by atoms with van der Waals surface area (Å²) in [4.78, 5) is 0.136. The van der Waals surface area contributed by atoms with Crippen LogP contribution in [-0.2, 0) is 25.4 Å². The fourth-order valence-electron chi connectivity index (χ4n) is 2.10. The van der Waals surface area contributed by atoms with E-state index in [0.717, 1.165) is 0 Å². The largest absolute Gasteiger partial charge is 0.383 e. The Bertz CT molecular complexity index is 547. The number of aromatic amines is 1. The molecule has 0 aliphatic carbocycles. The van der Waals surface area contributed by atoms with Gasteiger partial charge in [-0.3, -0.25) is 5.10 Å². The highest BCUT2D eigenvalue weighted by molar-refractivity contribution is 7.89. The topological polar surface area (TPSA) is 84.5 Å². The average Bonchev–Trinajstić information content (AvgIpc) is 2.81. The van der Waals surface area contributed by atoms with Crippen LogP contribution in [0.25, 0.3) is 0 Å². The molecule has 1 unspecified atom stereocenters. The Morgan fingerprint density at radius 2 is 2.05 bits per heavy atom. The molecule has 0 saturated heterocycles. The minimum atomic E-state index is -3.73. The summed E-state index contributed by atoms with van der Waals surface area (Å²) in [5.41, 5.74) is 0.791. The Hall–Kier alpha value is -0.670. The molecule has 9 heteroatoms. The number of ether oxygens (including phenoxy) is 2. The molecule has 0 amide bonds. The van der Waals surface area contributed by atoms with E-state index in [1.807, 2.05) is 0 Å². The Kier molecular flexibility index (Phi) is 7.08. The van der Waals surface area contributed by atoms with E-state index in [9.17, 15) is 8.42 Å². The molecule has 0 aliphatic rings. The molecule has 1 aromatic heterocycles. The lowest BCUT2D eigenvalue weighted by atomic mass is 10.3. The van der Waals surface area contributed by atoms with Gasteiger partial charge in [0.25, 0.3) is 0 Å². The number of hydrogen-bond donors (Lipinski definition) is 1. The molecule has 122 valence electrons. The molecule has 0 aliphatic heterocycles. The van der Waals surface area contributed by atoms with Crippen LogP contribution in [0, 0.1) is 6.92 Å². The van der Waals surface area contributed by atoms with Crippen molar-refractivity contribution in [2.24, 2.45) is 0 Å². The SMILES string of the molecule is COCCN(C(C)COC)S(=O)(=O)c1c(CCl)n[nH]c1C. The van der Waals surface area contributed by atoms with E-state index in [4.69, 9.17) is 21.1 Å². The number of nitrogens with zero attached hydrogens (tertiary/aromatic N) is 2. The monoisotopic (exact) mass is 339 g/mol. The molecule has 0 fully saturated rings. The van der Waals surface area contributed by atoms with E-state index in [2.05, 4.69) is 10.2 Å². The second-order valence-electron chi connectivity index (χ2n) is 4.67. The molecule has 21 heavy (non-hydrogen) atoms. The van der Waals surface area contributed by atoms with Crippen molar-refractivity contribution in [1.29, 1.82) is 0 Å². The van der Waals surface area contributed by atoms with Gasteiger partial charge in [0.2, 0.25) is 10.0 Å². The van der Waals surface area contributed by atoms with Crippen LogP contribution in [-0.4, -0.2) is 62.9 Å². The molecule has 7 nitrogen and oxygen atoms in total. The standard InChI is InChI=1S/C12H22ClN3O4S/c1-9(8-20-4)16(5-6-19-3)21(17,18)12-10(2)14-15-11(12)7-13/h9H,5-8H2,1-4H3,(H,14,15). The van der Waals surface area contributed by atoms with E-state index in [1.165, 1.54) is 18.5 Å². The molecule has 0 bridgehead atoms. The number of alkyl halides is 1. The van der Waals surface area contributed by atoms with Gasteiger partial charge in [0.15, 0.2) is 0 Å². The molecule has 1 aromatic rings. The van der Waals surface area contributed by atoms with Crippen LogP contribution >= 0.6 is 11.6 Å². The van der Waals surface area contributed by atoms with E-state index in [1.54, 1.807) is 13.8 Å². The Morgan fingerprint density at radius 3 is 2.57 bits per heavy atom. The second kappa shape index (κ2) is 8.09. The lowest BCUT2D eigenvalue weighted by Crippen LogP contribution is -2.43. The smallest absolute Gasteiger partial charge is 0.247 e. The van der Waals surface area contributed by atoms with E-state index < -0.39 is 10.0 Å². The van der Waals surface area contributed by atoms with Crippen LogP contribution in [0.1, 0.15) is 18.3 Å². The highest BCUT2D eigenvalue weighted by Crippen LogP contribution is 2.25. The summed E-state index contributed by atoms with van der Waals surface area (Å²) in [6.45, 7) is 4.25. The predicted molar refractivity (Wildman–Crippen MR) is 80.0 cm³/mol. The number of methoxy groups -OCH3 is 2. The molecule has 1 N–H and O–H groups in total. The molecular weight excluding hydrogens is 318 g/mol. The number of aromatic nitrogens is 2. The summed E-state index contributed by atoms with van der Waals surface area (Å²) in [6, 6.07) is -0.326. The number of sulfonamides is 1.